The summed E-state index contributed by atoms with van der Waals surface area (Å²) in [6, 6.07) is 4.76. The molecular weight excluding hydrogens is 275 g/mol. The fraction of sp³-hybridized carbons (Fsp3) is 0.462. The molecule has 1 aliphatic carbocycles. The van der Waals surface area contributed by atoms with Crippen molar-refractivity contribution in [3.05, 3.63) is 33.8 Å². The molecule has 1 aromatic carbocycles. The lowest BCUT2D eigenvalue weighted by Gasteiger charge is -2.38. The molecule has 3 nitrogen and oxygen atoms in total. The molecule has 0 unspecified atom stereocenters. The Kier molecular flexibility index (Phi) is 3.85. The molecule has 0 aromatic heterocycles. The molecule has 2 rings (SSSR count). The van der Waals surface area contributed by atoms with Gasteiger partial charge >= 0.3 is 5.97 Å². The van der Waals surface area contributed by atoms with Crippen molar-refractivity contribution in [2.45, 2.75) is 37.2 Å². The number of hydrogen-bond acceptors (Lipinski definition) is 2. The third-order valence-corrected chi connectivity index (χ3v) is 4.42. The molecule has 5 heteroatoms. The average molecular weight is 289 g/mol. The number of carbonyl (C=O) groups is 1. The van der Waals surface area contributed by atoms with Gasteiger partial charge in [0.1, 0.15) is 5.41 Å². The quantitative estimate of drug-likeness (QED) is 0.878. The second-order valence-corrected chi connectivity index (χ2v) is 5.48. The lowest BCUT2D eigenvalue weighted by atomic mass is 9.67. The van der Waals surface area contributed by atoms with Crippen molar-refractivity contribution in [3.8, 4) is 0 Å². The van der Waals surface area contributed by atoms with Gasteiger partial charge < -0.3 is 10.2 Å². The van der Waals surface area contributed by atoms with Crippen LogP contribution in [0.5, 0.6) is 0 Å². The molecule has 2 N–H and O–H groups in total. The summed E-state index contributed by atoms with van der Waals surface area (Å²) < 4.78 is 0. The highest BCUT2D eigenvalue weighted by atomic mass is 35.5. The van der Waals surface area contributed by atoms with Crippen molar-refractivity contribution < 1.29 is 15.0 Å². The molecule has 0 bridgehead atoms. The Hall–Kier alpha value is -0.770. The summed E-state index contributed by atoms with van der Waals surface area (Å²) in [5, 5.41) is 20.4. The molecule has 98 valence electrons. The van der Waals surface area contributed by atoms with E-state index in [-0.39, 0.29) is 0 Å². The minimum atomic E-state index is -1.26. The maximum Gasteiger partial charge on any atom is 0.316 e. The van der Waals surface area contributed by atoms with Gasteiger partial charge in [-0.1, -0.05) is 42.1 Å². The number of aliphatic carboxylic acids is 1. The first-order valence-corrected chi connectivity index (χ1v) is 6.61. The topological polar surface area (TPSA) is 57.5 Å². The summed E-state index contributed by atoms with van der Waals surface area (Å²) in [7, 11) is 0. The predicted octanol–water partition coefficient (Wildman–Crippen LogP) is 3.25. The second-order valence-electron chi connectivity index (χ2n) is 4.67. The molecule has 18 heavy (non-hydrogen) atoms. The Morgan fingerprint density at radius 1 is 1.28 bits per heavy atom. The normalized spacial score (nSPS) is 28.1. The molecule has 1 fully saturated rings. The molecule has 0 radical (unpaired) electrons. The van der Waals surface area contributed by atoms with E-state index >= 15 is 0 Å². The van der Waals surface area contributed by atoms with E-state index in [0.29, 0.717) is 28.5 Å². The third kappa shape index (κ3) is 2.11. The van der Waals surface area contributed by atoms with E-state index in [4.69, 9.17) is 23.2 Å². The summed E-state index contributed by atoms with van der Waals surface area (Å²) in [6.07, 6.45) is 1.65. The van der Waals surface area contributed by atoms with Crippen molar-refractivity contribution in [2.24, 2.45) is 0 Å². The molecular formula is C13H14Cl2O3. The average Bonchev–Trinajstić information content (AvgIpc) is 2.33. The van der Waals surface area contributed by atoms with Crippen LogP contribution in [0.2, 0.25) is 10.0 Å². The lowest BCUT2D eigenvalue weighted by Crippen LogP contribution is -2.48. The van der Waals surface area contributed by atoms with Gasteiger partial charge in [-0.15, -0.1) is 0 Å². The number of halogens is 2. The van der Waals surface area contributed by atoms with E-state index in [2.05, 4.69) is 0 Å². The SMILES string of the molecule is O=C(O)[C@]1(c2ccc(Cl)c(Cl)c2)CCCC[C@@H]1O. The van der Waals surface area contributed by atoms with Crippen LogP contribution in [-0.2, 0) is 10.2 Å². The first kappa shape index (κ1) is 13.7. The standard InChI is InChI=1S/C13H14Cl2O3/c14-9-5-4-8(7-10(9)15)13(12(17)18)6-2-1-3-11(13)16/h4-5,7,11,16H,1-3,6H2,(H,17,18)/t11-,13-/m0/s1. The number of benzene rings is 1. The fourth-order valence-electron chi connectivity index (χ4n) is 2.64. The first-order chi connectivity index (χ1) is 8.48. The maximum absolute atomic E-state index is 11.6. The highest BCUT2D eigenvalue weighted by Crippen LogP contribution is 2.41. The number of carboxylic acid groups (broad SMARTS) is 1. The van der Waals surface area contributed by atoms with Crippen molar-refractivity contribution in [1.29, 1.82) is 0 Å². The Balaban J connectivity index is 2.52. The van der Waals surface area contributed by atoms with Crippen LogP contribution in [0.25, 0.3) is 0 Å². The van der Waals surface area contributed by atoms with E-state index in [1.807, 2.05) is 0 Å². The fourth-order valence-corrected chi connectivity index (χ4v) is 2.94. The Bertz CT molecular complexity index is 475. The molecule has 0 aliphatic heterocycles. The van der Waals surface area contributed by atoms with E-state index in [1.54, 1.807) is 18.2 Å². The molecule has 0 heterocycles. The summed E-state index contributed by atoms with van der Waals surface area (Å²) in [5.74, 6) is -1.01. The van der Waals surface area contributed by atoms with E-state index in [0.717, 1.165) is 12.8 Å². The van der Waals surface area contributed by atoms with Crippen molar-refractivity contribution >= 4 is 29.2 Å². The Morgan fingerprint density at radius 2 is 2.00 bits per heavy atom. The van der Waals surface area contributed by atoms with Gasteiger partial charge in [-0.3, -0.25) is 4.79 Å². The largest absolute Gasteiger partial charge is 0.481 e. The number of carboxylic acids is 1. The van der Waals surface area contributed by atoms with Gasteiger partial charge in [0, 0.05) is 0 Å². The highest BCUT2D eigenvalue weighted by Gasteiger charge is 2.48. The molecule has 1 aliphatic rings. The van der Waals surface area contributed by atoms with Gasteiger partial charge in [0.2, 0.25) is 0 Å². The predicted molar refractivity (Wildman–Crippen MR) is 70.3 cm³/mol. The zero-order chi connectivity index (χ0) is 13.3. The van der Waals surface area contributed by atoms with Crippen molar-refractivity contribution in [1.82, 2.24) is 0 Å². The summed E-state index contributed by atoms with van der Waals surface area (Å²) in [5.41, 5.74) is -0.733. The van der Waals surface area contributed by atoms with Gasteiger partial charge in [0.15, 0.2) is 0 Å². The van der Waals surface area contributed by atoms with Crippen LogP contribution in [0.4, 0.5) is 0 Å². The lowest BCUT2D eigenvalue weighted by molar-refractivity contribution is -0.151. The van der Waals surface area contributed by atoms with E-state index in [9.17, 15) is 15.0 Å². The number of aliphatic hydroxyl groups is 1. The zero-order valence-electron chi connectivity index (χ0n) is 9.70. The third-order valence-electron chi connectivity index (χ3n) is 3.68. The van der Waals surface area contributed by atoms with Crippen molar-refractivity contribution in [3.63, 3.8) is 0 Å². The van der Waals surface area contributed by atoms with Gasteiger partial charge in [0.05, 0.1) is 16.1 Å². The number of aliphatic hydroxyl groups excluding tert-OH is 1. The molecule has 2 atom stereocenters. The van der Waals surface area contributed by atoms with Gasteiger partial charge in [0.25, 0.3) is 0 Å². The zero-order valence-corrected chi connectivity index (χ0v) is 11.2. The minimum absolute atomic E-state index is 0.313. The van der Waals surface area contributed by atoms with Crippen LogP contribution in [-0.4, -0.2) is 22.3 Å². The second kappa shape index (κ2) is 5.08. The minimum Gasteiger partial charge on any atom is -0.481 e. The number of rotatable bonds is 2. The molecule has 1 aromatic rings. The van der Waals surface area contributed by atoms with Gasteiger partial charge in [-0.25, -0.2) is 0 Å². The number of hydrogen-bond donors (Lipinski definition) is 2. The van der Waals surface area contributed by atoms with Crippen LogP contribution < -0.4 is 0 Å². The van der Waals surface area contributed by atoms with Gasteiger partial charge in [-0.2, -0.15) is 0 Å². The van der Waals surface area contributed by atoms with Crippen LogP contribution in [0, 0.1) is 0 Å². The summed E-state index contributed by atoms with van der Waals surface area (Å²) in [6.45, 7) is 0. The molecule has 1 saturated carbocycles. The Morgan fingerprint density at radius 3 is 2.56 bits per heavy atom. The molecule has 0 amide bonds. The van der Waals surface area contributed by atoms with Crippen LogP contribution in [0.3, 0.4) is 0 Å². The van der Waals surface area contributed by atoms with E-state index in [1.165, 1.54) is 0 Å². The summed E-state index contributed by atoms with van der Waals surface area (Å²) in [4.78, 5) is 11.6. The highest BCUT2D eigenvalue weighted by molar-refractivity contribution is 6.42. The Labute approximate surface area is 115 Å². The van der Waals surface area contributed by atoms with Crippen LogP contribution in [0.15, 0.2) is 18.2 Å². The monoisotopic (exact) mass is 288 g/mol. The van der Waals surface area contributed by atoms with Crippen LogP contribution in [0.1, 0.15) is 31.2 Å². The van der Waals surface area contributed by atoms with Crippen LogP contribution >= 0.6 is 23.2 Å². The molecule has 0 spiro atoms. The maximum atomic E-state index is 11.6. The van der Waals surface area contributed by atoms with Crippen molar-refractivity contribution in [2.75, 3.05) is 0 Å². The summed E-state index contributed by atoms with van der Waals surface area (Å²) >= 11 is 11.8. The smallest absolute Gasteiger partial charge is 0.316 e. The van der Waals surface area contributed by atoms with E-state index < -0.39 is 17.5 Å². The van der Waals surface area contributed by atoms with Gasteiger partial charge in [-0.05, 0) is 30.5 Å². The molecule has 0 saturated heterocycles. The first-order valence-electron chi connectivity index (χ1n) is 5.85.